The molecule has 0 aliphatic carbocycles. The molecular weight excluding hydrogens is 492 g/mol. The van der Waals surface area contributed by atoms with Gasteiger partial charge in [0.15, 0.2) is 0 Å². The number of hydrogen-bond acceptors (Lipinski definition) is 5. The maximum Gasteiger partial charge on any atom is 0.325 e. The highest BCUT2D eigenvalue weighted by Gasteiger charge is 2.44. The van der Waals surface area contributed by atoms with Gasteiger partial charge in [-0.25, -0.2) is 9.78 Å². The van der Waals surface area contributed by atoms with Crippen LogP contribution in [0.5, 0.6) is 5.75 Å². The number of hydrogen-bond donors (Lipinski definition) is 3. The van der Waals surface area contributed by atoms with Gasteiger partial charge in [0.25, 0.3) is 5.91 Å². The molecule has 3 aromatic carbocycles. The summed E-state index contributed by atoms with van der Waals surface area (Å²) in [6.07, 6.45) is 2.09. The monoisotopic (exact) mass is 516 g/mol. The number of imide groups is 1. The van der Waals surface area contributed by atoms with E-state index >= 15 is 0 Å². The molecule has 0 unspecified atom stereocenters. The summed E-state index contributed by atoms with van der Waals surface area (Å²) in [7, 11) is 0. The van der Waals surface area contributed by atoms with Crippen molar-refractivity contribution in [3.05, 3.63) is 107 Å². The molecule has 1 aliphatic rings. The quantitative estimate of drug-likeness (QED) is 0.280. The number of nitrogens with zero attached hydrogens (tertiary/aromatic N) is 2. The number of carbonyl (C=O) groups excluding carboxylic acids is 2. The molecule has 0 radical (unpaired) electrons. The number of halogens is 1. The molecule has 8 nitrogen and oxygen atoms in total. The minimum absolute atomic E-state index is 0.0941. The van der Waals surface area contributed by atoms with Gasteiger partial charge >= 0.3 is 6.03 Å². The van der Waals surface area contributed by atoms with Gasteiger partial charge in [0.05, 0.1) is 18.5 Å². The van der Waals surface area contributed by atoms with Crippen molar-refractivity contribution in [3.8, 4) is 17.0 Å². The maximum absolute atomic E-state index is 13.6. The van der Waals surface area contributed by atoms with Crippen molar-refractivity contribution in [1.29, 1.82) is 0 Å². The molecule has 2 heterocycles. The summed E-state index contributed by atoms with van der Waals surface area (Å²) in [6, 6.07) is 21.9. The average molecular weight is 517 g/mol. The first-order chi connectivity index (χ1) is 18.0. The third kappa shape index (κ3) is 5.35. The van der Waals surface area contributed by atoms with E-state index in [0.29, 0.717) is 28.6 Å². The molecule has 1 saturated heterocycles. The van der Waals surface area contributed by atoms with Crippen LogP contribution >= 0.6 is 11.6 Å². The van der Waals surface area contributed by atoms with Crippen LogP contribution in [0.25, 0.3) is 11.3 Å². The van der Waals surface area contributed by atoms with Crippen molar-refractivity contribution in [2.45, 2.75) is 18.5 Å². The summed E-state index contributed by atoms with van der Waals surface area (Å²) in [5.74, 6) is 0.712. The zero-order chi connectivity index (χ0) is 25.8. The molecule has 0 bridgehead atoms. The molecule has 0 saturated carbocycles. The van der Waals surface area contributed by atoms with E-state index in [-0.39, 0.29) is 19.1 Å². The van der Waals surface area contributed by atoms with Crippen LogP contribution in [-0.2, 0) is 11.2 Å². The molecule has 3 amide bonds. The zero-order valence-corrected chi connectivity index (χ0v) is 20.6. The Labute approximate surface area is 218 Å². The number of imidazole rings is 1. The van der Waals surface area contributed by atoms with Gasteiger partial charge in [0, 0.05) is 11.4 Å². The van der Waals surface area contributed by atoms with Crippen molar-refractivity contribution >= 4 is 23.5 Å². The fourth-order valence-electron chi connectivity index (χ4n) is 4.36. The average Bonchev–Trinajstić information content (AvgIpc) is 3.52. The van der Waals surface area contributed by atoms with Gasteiger partial charge in [0.2, 0.25) is 0 Å². The Morgan fingerprint density at radius 2 is 1.73 bits per heavy atom. The van der Waals surface area contributed by atoms with Gasteiger partial charge in [-0.15, -0.1) is 0 Å². The predicted molar refractivity (Wildman–Crippen MR) is 139 cm³/mol. The van der Waals surface area contributed by atoms with E-state index in [1.807, 2.05) is 42.5 Å². The smallest absolute Gasteiger partial charge is 0.325 e. The van der Waals surface area contributed by atoms with Crippen LogP contribution < -0.4 is 10.1 Å². The predicted octanol–water partition coefficient (Wildman–Crippen LogP) is 4.68. The molecule has 1 aliphatic heterocycles. The lowest BCUT2D eigenvalue weighted by molar-refractivity contribution is -0.129. The summed E-state index contributed by atoms with van der Waals surface area (Å²) in [6.45, 7) is 0.0811. The number of H-pyrrole nitrogens is 1. The molecule has 1 aromatic heterocycles. The maximum atomic E-state index is 13.6. The second-order valence-corrected chi connectivity index (χ2v) is 9.06. The number of nitrogens with one attached hydrogen (secondary N) is 2. The van der Waals surface area contributed by atoms with Crippen molar-refractivity contribution in [2.24, 2.45) is 0 Å². The molecule has 5 rings (SSSR count). The lowest BCUT2D eigenvalue weighted by Crippen LogP contribution is -2.36. The molecule has 2 atom stereocenters. The van der Waals surface area contributed by atoms with Crippen LogP contribution in [-0.4, -0.2) is 45.1 Å². The highest BCUT2D eigenvalue weighted by molar-refractivity contribution is 6.30. The first-order valence-electron chi connectivity index (χ1n) is 11.9. The molecule has 4 aromatic rings. The lowest BCUT2D eigenvalue weighted by Gasteiger charge is -2.24. The standard InChI is InChI=1S/C28H25ClN4O4/c29-21-10-6-19(7-11-21)23-17-30-26(31-23)24(16-18-4-2-1-3-5-18)33-27(35)25(32-28(33)36)20-8-12-22(13-9-20)37-15-14-34/h1-13,17,24-25,34H,14-16H2,(H,30,31)(H,32,36)/t24-,25+/m1/s1. The third-order valence-electron chi connectivity index (χ3n) is 6.19. The fourth-order valence-corrected chi connectivity index (χ4v) is 4.49. The zero-order valence-electron chi connectivity index (χ0n) is 19.8. The van der Waals surface area contributed by atoms with Gasteiger partial charge in [-0.3, -0.25) is 9.69 Å². The number of ether oxygens (including phenoxy) is 1. The van der Waals surface area contributed by atoms with Crippen LogP contribution in [0.4, 0.5) is 4.79 Å². The van der Waals surface area contributed by atoms with Gasteiger partial charge in [0.1, 0.15) is 30.3 Å². The Morgan fingerprint density at radius 3 is 2.43 bits per heavy atom. The number of aromatic amines is 1. The Morgan fingerprint density at radius 1 is 1.00 bits per heavy atom. The topological polar surface area (TPSA) is 108 Å². The van der Waals surface area contributed by atoms with Gasteiger partial charge in [-0.1, -0.05) is 66.2 Å². The number of benzene rings is 3. The molecule has 37 heavy (non-hydrogen) atoms. The van der Waals surface area contributed by atoms with Gasteiger partial charge in [-0.05, 0) is 41.0 Å². The molecule has 3 N–H and O–H groups in total. The number of aliphatic hydroxyl groups is 1. The number of aliphatic hydroxyl groups excluding tert-OH is 1. The minimum atomic E-state index is -0.830. The van der Waals surface area contributed by atoms with E-state index in [1.54, 1.807) is 42.6 Å². The first-order valence-corrected chi connectivity index (χ1v) is 12.2. The SMILES string of the molecule is O=C1N[C@@H](c2ccc(OCCO)cc2)C(=O)N1[C@H](Cc1ccccc1)c1ncc(-c2ccc(Cl)cc2)[nH]1. The highest BCUT2D eigenvalue weighted by Crippen LogP contribution is 2.33. The van der Waals surface area contributed by atoms with Crippen molar-refractivity contribution in [2.75, 3.05) is 13.2 Å². The van der Waals surface area contributed by atoms with E-state index in [4.69, 9.17) is 21.4 Å². The Kier molecular flexibility index (Phi) is 7.20. The molecular formula is C28H25ClN4O4. The van der Waals surface area contributed by atoms with Gasteiger partial charge in [-0.2, -0.15) is 0 Å². The Balaban J connectivity index is 1.44. The number of amides is 3. The highest BCUT2D eigenvalue weighted by atomic mass is 35.5. The summed E-state index contributed by atoms with van der Waals surface area (Å²) in [4.78, 5) is 35.9. The molecule has 188 valence electrons. The second-order valence-electron chi connectivity index (χ2n) is 8.63. The third-order valence-corrected chi connectivity index (χ3v) is 6.45. The van der Waals surface area contributed by atoms with Crippen molar-refractivity contribution in [1.82, 2.24) is 20.2 Å². The van der Waals surface area contributed by atoms with Crippen molar-refractivity contribution in [3.63, 3.8) is 0 Å². The van der Waals surface area contributed by atoms with Crippen LogP contribution in [0.1, 0.15) is 29.0 Å². The molecule has 1 fully saturated rings. The Hall–Kier alpha value is -4.14. The van der Waals surface area contributed by atoms with Crippen LogP contribution in [0.3, 0.4) is 0 Å². The lowest BCUT2D eigenvalue weighted by atomic mass is 10.0. The summed E-state index contributed by atoms with van der Waals surface area (Å²) < 4.78 is 5.40. The first kappa shape index (κ1) is 24.5. The number of urea groups is 1. The summed E-state index contributed by atoms with van der Waals surface area (Å²) in [5, 5.41) is 12.4. The Bertz CT molecular complexity index is 1370. The minimum Gasteiger partial charge on any atom is -0.491 e. The van der Waals surface area contributed by atoms with E-state index in [0.717, 1.165) is 16.8 Å². The largest absolute Gasteiger partial charge is 0.491 e. The summed E-state index contributed by atoms with van der Waals surface area (Å²) in [5.41, 5.74) is 3.25. The van der Waals surface area contributed by atoms with Crippen LogP contribution in [0.15, 0.2) is 85.1 Å². The van der Waals surface area contributed by atoms with Crippen LogP contribution in [0.2, 0.25) is 5.02 Å². The summed E-state index contributed by atoms with van der Waals surface area (Å²) >= 11 is 6.03. The van der Waals surface area contributed by atoms with Crippen LogP contribution in [0, 0.1) is 0 Å². The normalized spacial score (nSPS) is 16.1. The van der Waals surface area contributed by atoms with E-state index in [1.165, 1.54) is 4.90 Å². The molecule has 9 heteroatoms. The second kappa shape index (κ2) is 10.9. The fraction of sp³-hybridized carbons (Fsp3) is 0.179. The number of rotatable bonds is 9. The number of aromatic nitrogens is 2. The molecule has 0 spiro atoms. The van der Waals surface area contributed by atoms with E-state index < -0.39 is 18.1 Å². The number of carbonyl (C=O) groups is 2. The van der Waals surface area contributed by atoms with Crippen molar-refractivity contribution < 1.29 is 19.4 Å². The van der Waals surface area contributed by atoms with Gasteiger partial charge < -0.3 is 20.1 Å². The van der Waals surface area contributed by atoms with E-state index in [9.17, 15) is 9.59 Å². The van der Waals surface area contributed by atoms with E-state index in [2.05, 4.69) is 15.3 Å².